The van der Waals surface area contributed by atoms with Crippen molar-refractivity contribution in [3.63, 3.8) is 0 Å². The van der Waals surface area contributed by atoms with E-state index >= 15 is 0 Å². The van der Waals surface area contributed by atoms with Gasteiger partial charge in [0.15, 0.2) is 0 Å². The zero-order valence-electron chi connectivity index (χ0n) is 16.2. The Morgan fingerprint density at radius 3 is 2.39 bits per heavy atom. The van der Waals surface area contributed by atoms with Gasteiger partial charge in [-0.2, -0.15) is 0 Å². The Morgan fingerprint density at radius 1 is 1.07 bits per heavy atom. The molecule has 1 atom stereocenters. The normalized spacial score (nSPS) is 17.4. The quantitative estimate of drug-likeness (QED) is 0.722. The molecule has 158 valence electrons. The van der Waals surface area contributed by atoms with Gasteiger partial charge in [-0.3, -0.25) is 14.5 Å². The van der Waals surface area contributed by atoms with Crippen LogP contribution in [0.1, 0.15) is 12.0 Å². The Labute approximate surface area is 179 Å². The lowest BCUT2D eigenvalue weighted by atomic mass is 10.2. The van der Waals surface area contributed by atoms with E-state index in [1.807, 2.05) is 28.0 Å². The van der Waals surface area contributed by atoms with Crippen LogP contribution in [-0.4, -0.2) is 80.6 Å². The second-order valence-electron chi connectivity index (χ2n) is 6.88. The van der Waals surface area contributed by atoms with E-state index in [1.165, 1.54) is 5.56 Å². The Morgan fingerprint density at radius 2 is 1.75 bits per heavy atom. The molecule has 2 amide bonds. The summed E-state index contributed by atoms with van der Waals surface area (Å²) in [6.45, 7) is 4.22. The number of piperazine rings is 1. The average molecular weight is 433 g/mol. The summed E-state index contributed by atoms with van der Waals surface area (Å²) >= 11 is 0. The highest BCUT2D eigenvalue weighted by molar-refractivity contribution is 5.96. The minimum absolute atomic E-state index is 0. The molecular formula is C19H30Cl2N4O3. The first-order chi connectivity index (χ1) is 12.6. The number of nitrogens with two attached hydrogens (primary N) is 1. The van der Waals surface area contributed by atoms with Crippen molar-refractivity contribution >= 4 is 42.3 Å². The summed E-state index contributed by atoms with van der Waals surface area (Å²) < 4.78 is 5.19. The van der Waals surface area contributed by atoms with Crippen molar-refractivity contribution in [3.05, 3.63) is 29.8 Å². The van der Waals surface area contributed by atoms with E-state index in [9.17, 15) is 9.59 Å². The number of carbonyl (C=O) groups excluding carboxylic acids is 2. The summed E-state index contributed by atoms with van der Waals surface area (Å²) in [6, 6.07) is 8.09. The SMILES string of the molecule is COC(CN)CC(=O)N1CCN(CC(=O)N2CCc3ccccc32)CC1.Cl.Cl. The van der Waals surface area contributed by atoms with E-state index in [0.29, 0.717) is 45.7 Å². The number of rotatable bonds is 6. The third-order valence-electron chi connectivity index (χ3n) is 5.27. The predicted octanol–water partition coefficient (Wildman–Crippen LogP) is 0.927. The van der Waals surface area contributed by atoms with Crippen molar-refractivity contribution in [2.75, 3.05) is 57.8 Å². The third-order valence-corrected chi connectivity index (χ3v) is 5.27. The highest BCUT2D eigenvalue weighted by Crippen LogP contribution is 2.27. The van der Waals surface area contributed by atoms with E-state index in [0.717, 1.165) is 18.7 Å². The van der Waals surface area contributed by atoms with Crippen LogP contribution < -0.4 is 10.6 Å². The first-order valence-electron chi connectivity index (χ1n) is 9.23. The summed E-state index contributed by atoms with van der Waals surface area (Å²) in [7, 11) is 1.57. The number of para-hydroxylation sites is 1. The molecule has 2 aliphatic heterocycles. The van der Waals surface area contributed by atoms with Crippen molar-refractivity contribution in [2.45, 2.75) is 18.9 Å². The van der Waals surface area contributed by atoms with Crippen molar-refractivity contribution in [3.8, 4) is 0 Å². The minimum atomic E-state index is -0.225. The number of nitrogens with zero attached hydrogens (tertiary/aromatic N) is 3. The van der Waals surface area contributed by atoms with E-state index in [4.69, 9.17) is 10.5 Å². The molecule has 1 aromatic rings. The number of methoxy groups -OCH3 is 1. The molecule has 1 aromatic carbocycles. The number of halogens is 2. The molecule has 0 spiro atoms. The maximum absolute atomic E-state index is 12.7. The summed E-state index contributed by atoms with van der Waals surface area (Å²) in [5.74, 6) is 0.207. The molecule has 0 bridgehead atoms. The molecular weight excluding hydrogens is 403 g/mol. The van der Waals surface area contributed by atoms with Gasteiger partial charge in [-0.1, -0.05) is 18.2 Å². The van der Waals surface area contributed by atoms with Gasteiger partial charge in [0.05, 0.1) is 19.1 Å². The Hall–Kier alpha value is -1.38. The fourth-order valence-corrected chi connectivity index (χ4v) is 3.62. The number of amides is 2. The highest BCUT2D eigenvalue weighted by atomic mass is 35.5. The standard InChI is InChI=1S/C19H28N4O3.2ClH/c1-26-16(13-20)12-18(24)22-10-8-21(9-11-22)14-19(25)23-7-6-15-4-2-3-5-17(15)23;;/h2-5,16H,6-14,20H2,1H3;2*1H. The molecule has 0 radical (unpaired) electrons. The van der Waals surface area contributed by atoms with Crippen molar-refractivity contribution < 1.29 is 14.3 Å². The zero-order chi connectivity index (χ0) is 18.5. The van der Waals surface area contributed by atoms with Crippen LogP contribution in [0, 0.1) is 0 Å². The van der Waals surface area contributed by atoms with E-state index in [1.54, 1.807) is 7.11 Å². The molecule has 9 heteroatoms. The largest absolute Gasteiger partial charge is 0.380 e. The van der Waals surface area contributed by atoms with Crippen LogP contribution in [0.15, 0.2) is 24.3 Å². The van der Waals surface area contributed by atoms with E-state index < -0.39 is 0 Å². The van der Waals surface area contributed by atoms with Gasteiger partial charge in [0, 0.05) is 52.1 Å². The third kappa shape index (κ3) is 5.81. The summed E-state index contributed by atoms with van der Waals surface area (Å²) in [4.78, 5) is 30.8. The fourth-order valence-electron chi connectivity index (χ4n) is 3.62. The molecule has 0 aromatic heterocycles. The fraction of sp³-hybridized carbons (Fsp3) is 0.579. The average Bonchev–Trinajstić information content (AvgIpc) is 3.10. The number of hydrogen-bond acceptors (Lipinski definition) is 5. The topological polar surface area (TPSA) is 79.1 Å². The van der Waals surface area contributed by atoms with E-state index in [2.05, 4.69) is 11.0 Å². The Balaban J connectivity index is 0.00000196. The number of carbonyl (C=O) groups is 2. The van der Waals surface area contributed by atoms with Gasteiger partial charge in [0.2, 0.25) is 11.8 Å². The van der Waals surface area contributed by atoms with Gasteiger partial charge in [-0.15, -0.1) is 24.8 Å². The Bertz CT molecular complexity index is 650. The van der Waals surface area contributed by atoms with E-state index in [-0.39, 0.29) is 42.7 Å². The summed E-state index contributed by atoms with van der Waals surface area (Å²) in [6.07, 6.45) is 1.01. The first-order valence-corrected chi connectivity index (χ1v) is 9.23. The van der Waals surface area contributed by atoms with Gasteiger partial charge in [0.1, 0.15) is 0 Å². The van der Waals surface area contributed by atoms with Gasteiger partial charge in [-0.05, 0) is 18.1 Å². The lowest BCUT2D eigenvalue weighted by Crippen LogP contribution is -2.52. The molecule has 7 nitrogen and oxygen atoms in total. The van der Waals surface area contributed by atoms with Crippen LogP contribution in [0.5, 0.6) is 0 Å². The van der Waals surface area contributed by atoms with Crippen molar-refractivity contribution in [2.24, 2.45) is 5.73 Å². The zero-order valence-corrected chi connectivity index (χ0v) is 17.8. The molecule has 2 heterocycles. The predicted molar refractivity (Wildman–Crippen MR) is 114 cm³/mol. The molecule has 1 fully saturated rings. The number of fused-ring (bicyclic) bond motifs is 1. The lowest BCUT2D eigenvalue weighted by Gasteiger charge is -2.35. The Kier molecular flexibility index (Phi) is 10.2. The monoisotopic (exact) mass is 432 g/mol. The highest BCUT2D eigenvalue weighted by Gasteiger charge is 2.28. The van der Waals surface area contributed by atoms with Gasteiger partial charge >= 0.3 is 0 Å². The van der Waals surface area contributed by atoms with Gasteiger partial charge in [0.25, 0.3) is 0 Å². The second-order valence-corrected chi connectivity index (χ2v) is 6.88. The van der Waals surface area contributed by atoms with Crippen molar-refractivity contribution in [1.29, 1.82) is 0 Å². The molecule has 2 N–H and O–H groups in total. The number of benzene rings is 1. The molecule has 0 aliphatic carbocycles. The minimum Gasteiger partial charge on any atom is -0.380 e. The molecule has 1 unspecified atom stereocenters. The van der Waals surface area contributed by atoms with Crippen molar-refractivity contribution in [1.82, 2.24) is 9.80 Å². The first kappa shape index (κ1) is 24.7. The van der Waals surface area contributed by atoms with Crippen LogP contribution in [0.2, 0.25) is 0 Å². The second kappa shape index (κ2) is 11.6. The van der Waals surface area contributed by atoms with Gasteiger partial charge in [-0.25, -0.2) is 0 Å². The smallest absolute Gasteiger partial charge is 0.241 e. The van der Waals surface area contributed by atoms with Crippen LogP contribution in [0.4, 0.5) is 5.69 Å². The molecule has 3 rings (SSSR count). The number of ether oxygens (including phenoxy) is 1. The molecule has 1 saturated heterocycles. The van der Waals surface area contributed by atoms with Gasteiger partial charge < -0.3 is 20.3 Å². The molecule has 28 heavy (non-hydrogen) atoms. The summed E-state index contributed by atoms with van der Waals surface area (Å²) in [5.41, 5.74) is 7.87. The lowest BCUT2D eigenvalue weighted by molar-refractivity contribution is -0.135. The number of anilines is 1. The van der Waals surface area contributed by atoms with Crippen LogP contribution >= 0.6 is 24.8 Å². The summed E-state index contributed by atoms with van der Waals surface area (Å²) in [5, 5.41) is 0. The van der Waals surface area contributed by atoms with Crippen LogP contribution in [-0.2, 0) is 20.7 Å². The number of hydrogen-bond donors (Lipinski definition) is 1. The maximum atomic E-state index is 12.7. The molecule has 0 saturated carbocycles. The maximum Gasteiger partial charge on any atom is 0.241 e. The van der Waals surface area contributed by atoms with Crippen LogP contribution in [0.25, 0.3) is 0 Å². The molecule has 2 aliphatic rings. The van der Waals surface area contributed by atoms with Crippen LogP contribution in [0.3, 0.4) is 0 Å².